The van der Waals surface area contributed by atoms with Gasteiger partial charge in [0.15, 0.2) is 0 Å². The molecule has 1 aromatic carbocycles. The Morgan fingerprint density at radius 2 is 1.78 bits per heavy atom. The second-order valence-electron chi connectivity index (χ2n) is 7.96. The van der Waals surface area contributed by atoms with E-state index in [9.17, 15) is 10.4 Å². The number of fused-ring (bicyclic) bond motifs is 1. The van der Waals surface area contributed by atoms with Crippen LogP contribution in [0.3, 0.4) is 0 Å². The summed E-state index contributed by atoms with van der Waals surface area (Å²) in [5.74, 6) is 0.114. The van der Waals surface area contributed by atoms with E-state index in [1.54, 1.807) is 0 Å². The summed E-state index contributed by atoms with van der Waals surface area (Å²) in [6.07, 6.45) is 1.85. The van der Waals surface area contributed by atoms with Crippen LogP contribution < -0.4 is 5.46 Å². The van der Waals surface area contributed by atoms with Crippen LogP contribution in [0.15, 0.2) is 24.4 Å². The van der Waals surface area contributed by atoms with Gasteiger partial charge in [-0.3, -0.25) is 0 Å². The van der Waals surface area contributed by atoms with Crippen LogP contribution in [0.25, 0.3) is 10.9 Å². The van der Waals surface area contributed by atoms with E-state index in [4.69, 9.17) is 9.31 Å². The Morgan fingerprint density at radius 1 is 1.19 bits per heavy atom. The first-order chi connectivity index (χ1) is 12.7. The molecule has 2 aromatic rings. The molecule has 6 heteroatoms. The van der Waals surface area contributed by atoms with E-state index >= 15 is 0 Å². The maximum Gasteiger partial charge on any atom is 0.494 e. The van der Waals surface area contributed by atoms with Gasteiger partial charge in [-0.1, -0.05) is 32.9 Å². The minimum absolute atomic E-state index is 0.110. The zero-order valence-electron chi connectivity index (χ0n) is 17.5. The van der Waals surface area contributed by atoms with E-state index in [1.165, 1.54) is 0 Å². The minimum atomic E-state index is -0.432. The van der Waals surface area contributed by atoms with Crippen LogP contribution in [0.4, 0.5) is 0 Å². The Bertz CT molecular complexity index is 820. The molecule has 146 valence electrons. The third-order valence-electron chi connectivity index (χ3n) is 5.37. The van der Waals surface area contributed by atoms with Crippen molar-refractivity contribution in [3.63, 3.8) is 0 Å². The number of aliphatic hydroxyl groups excluding tert-OH is 1. The molecule has 1 aliphatic heterocycles. The quantitative estimate of drug-likeness (QED) is 0.837. The first kappa shape index (κ1) is 21.5. The van der Waals surface area contributed by atoms with E-state index in [0.717, 1.165) is 16.4 Å². The summed E-state index contributed by atoms with van der Waals surface area (Å²) in [5.41, 5.74) is 1.76. The summed E-state index contributed by atoms with van der Waals surface area (Å²) in [5, 5.41) is 19.7. The maximum absolute atomic E-state index is 9.40. The molecule has 1 fully saturated rings. The van der Waals surface area contributed by atoms with Crippen molar-refractivity contribution in [2.75, 3.05) is 6.61 Å². The highest BCUT2D eigenvalue weighted by atomic mass is 16.7. The van der Waals surface area contributed by atoms with Crippen LogP contribution in [-0.4, -0.2) is 34.6 Å². The molecule has 0 saturated carbocycles. The fourth-order valence-electron chi connectivity index (χ4n) is 3.07. The maximum atomic E-state index is 9.40. The van der Waals surface area contributed by atoms with Crippen LogP contribution in [0.1, 0.15) is 54.0 Å². The highest BCUT2D eigenvalue weighted by Crippen LogP contribution is 2.36. The fraction of sp³-hybridized carbons (Fsp3) is 0.571. The van der Waals surface area contributed by atoms with E-state index < -0.39 is 18.3 Å². The van der Waals surface area contributed by atoms with Gasteiger partial charge in [0.05, 0.1) is 16.8 Å². The lowest BCUT2D eigenvalue weighted by atomic mass is 9.78. The molecule has 1 saturated heterocycles. The zero-order valence-corrected chi connectivity index (χ0v) is 17.5. The molecule has 0 radical (unpaired) electrons. The molecule has 0 aliphatic carbocycles. The highest BCUT2D eigenvalue weighted by molar-refractivity contribution is 6.62. The molecule has 27 heavy (non-hydrogen) atoms. The topological polar surface area (TPSA) is 67.4 Å². The lowest BCUT2D eigenvalue weighted by Gasteiger charge is -2.32. The van der Waals surface area contributed by atoms with Crippen LogP contribution in [-0.2, 0) is 15.9 Å². The predicted octanol–water partition coefficient (Wildman–Crippen LogP) is 3.47. The van der Waals surface area contributed by atoms with Crippen molar-refractivity contribution in [2.45, 2.75) is 66.2 Å². The van der Waals surface area contributed by atoms with Crippen LogP contribution >= 0.6 is 0 Å². The average Bonchev–Trinajstić information content (AvgIpc) is 3.09. The summed E-state index contributed by atoms with van der Waals surface area (Å²) in [4.78, 5) is 0. The molecule has 0 spiro atoms. The summed E-state index contributed by atoms with van der Waals surface area (Å²) >= 11 is 0. The molecule has 3 rings (SSSR count). The Kier molecular flexibility index (Phi) is 6.41. The number of aromatic nitrogens is 1. The van der Waals surface area contributed by atoms with Gasteiger partial charge < -0.3 is 19.0 Å². The normalized spacial score (nSPS) is 18.7. The van der Waals surface area contributed by atoms with Crippen molar-refractivity contribution >= 4 is 23.5 Å². The van der Waals surface area contributed by atoms with Crippen molar-refractivity contribution in [3.05, 3.63) is 30.0 Å². The van der Waals surface area contributed by atoms with Crippen LogP contribution in [0.5, 0.6) is 0 Å². The van der Waals surface area contributed by atoms with Crippen LogP contribution in [0, 0.1) is 17.2 Å². The predicted molar refractivity (Wildman–Crippen MR) is 110 cm³/mol. The van der Waals surface area contributed by atoms with Crippen molar-refractivity contribution in [2.24, 2.45) is 5.92 Å². The number of hydrogen-bond donors (Lipinski definition) is 1. The molecule has 1 unspecified atom stereocenters. The molecule has 1 atom stereocenters. The Morgan fingerprint density at radius 3 is 2.30 bits per heavy atom. The van der Waals surface area contributed by atoms with Crippen molar-refractivity contribution in [1.82, 2.24) is 4.57 Å². The van der Waals surface area contributed by atoms with Gasteiger partial charge in [-0.05, 0) is 45.1 Å². The van der Waals surface area contributed by atoms with Crippen molar-refractivity contribution in [3.8, 4) is 6.07 Å². The standard InChI is InChI=1S/C19H25BN2O3.C2H6/c1-13(12-23)10-22-11-14(9-21)16-7-6-15(8-17(16)22)20-24-18(2,3)19(4,5)25-20;1-2/h6-8,11,13,23H,10,12H2,1-5H3;1-2H3. The lowest BCUT2D eigenvalue weighted by Crippen LogP contribution is -2.41. The molecule has 2 heterocycles. The van der Waals surface area contributed by atoms with Crippen LogP contribution in [0.2, 0.25) is 0 Å². The number of nitrogens with zero attached hydrogens (tertiary/aromatic N) is 2. The second kappa shape index (κ2) is 8.06. The van der Waals surface area contributed by atoms with E-state index in [-0.39, 0.29) is 12.5 Å². The largest absolute Gasteiger partial charge is 0.494 e. The summed E-state index contributed by atoms with van der Waals surface area (Å²) in [6, 6.07) is 8.20. The molecular weight excluding hydrogens is 339 g/mol. The first-order valence-corrected chi connectivity index (χ1v) is 9.68. The number of hydrogen-bond acceptors (Lipinski definition) is 4. The minimum Gasteiger partial charge on any atom is -0.399 e. The fourth-order valence-corrected chi connectivity index (χ4v) is 3.07. The summed E-state index contributed by atoms with van der Waals surface area (Å²) < 4.78 is 14.3. The van der Waals surface area contributed by atoms with Gasteiger partial charge >= 0.3 is 7.12 Å². The summed E-state index contributed by atoms with van der Waals surface area (Å²) in [7, 11) is -0.432. The van der Waals surface area contributed by atoms with Gasteiger partial charge in [-0.15, -0.1) is 0 Å². The van der Waals surface area contributed by atoms with Gasteiger partial charge in [-0.25, -0.2) is 0 Å². The number of rotatable bonds is 4. The molecule has 0 bridgehead atoms. The average molecular weight is 370 g/mol. The lowest BCUT2D eigenvalue weighted by molar-refractivity contribution is 0.00578. The van der Waals surface area contributed by atoms with Gasteiger partial charge in [0.2, 0.25) is 0 Å². The molecule has 1 aromatic heterocycles. The smallest absolute Gasteiger partial charge is 0.399 e. The van der Waals surface area contributed by atoms with Gasteiger partial charge in [-0.2, -0.15) is 5.26 Å². The van der Waals surface area contributed by atoms with Gasteiger partial charge in [0.1, 0.15) is 6.07 Å². The highest BCUT2D eigenvalue weighted by Gasteiger charge is 2.51. The Hall–Kier alpha value is -1.81. The zero-order chi connectivity index (χ0) is 20.4. The second-order valence-corrected chi connectivity index (χ2v) is 7.96. The molecule has 0 amide bonds. The molecule has 1 N–H and O–H groups in total. The number of aliphatic hydroxyl groups is 1. The Labute approximate surface area is 163 Å². The van der Waals surface area contributed by atoms with Crippen molar-refractivity contribution < 1.29 is 14.4 Å². The number of benzene rings is 1. The SMILES string of the molecule is CC.CC(CO)Cn1cc(C#N)c2ccc(B3OC(C)(C)C(C)(C)O3)cc21. The van der Waals surface area contributed by atoms with Gasteiger partial charge in [0.25, 0.3) is 0 Å². The third-order valence-corrected chi connectivity index (χ3v) is 5.37. The third kappa shape index (κ3) is 4.06. The van der Waals surface area contributed by atoms with Gasteiger partial charge in [0, 0.05) is 30.3 Å². The van der Waals surface area contributed by atoms with E-state index in [0.29, 0.717) is 12.1 Å². The summed E-state index contributed by atoms with van der Waals surface area (Å²) in [6.45, 7) is 14.9. The molecular formula is C21H31BN2O3. The molecule has 5 nitrogen and oxygen atoms in total. The number of nitriles is 1. The molecule has 1 aliphatic rings. The van der Waals surface area contributed by atoms with E-state index in [1.807, 2.05) is 77.4 Å². The van der Waals surface area contributed by atoms with Crippen molar-refractivity contribution in [1.29, 1.82) is 5.26 Å². The Balaban J connectivity index is 0.00000126. The monoisotopic (exact) mass is 370 g/mol. The first-order valence-electron chi connectivity index (χ1n) is 9.68. The van der Waals surface area contributed by atoms with E-state index in [2.05, 4.69) is 6.07 Å².